The van der Waals surface area contributed by atoms with Gasteiger partial charge in [-0.25, -0.2) is 9.18 Å². The second kappa shape index (κ2) is 8.50. The molecule has 126 valence electrons. The van der Waals surface area contributed by atoms with E-state index in [1.807, 2.05) is 0 Å². The van der Waals surface area contributed by atoms with E-state index < -0.39 is 0 Å². The van der Waals surface area contributed by atoms with Crippen molar-refractivity contribution in [2.24, 2.45) is 0 Å². The van der Waals surface area contributed by atoms with E-state index in [4.69, 9.17) is 0 Å². The number of benzene rings is 1. The normalized spacial score (nSPS) is 13.5. The number of amides is 2. The first kappa shape index (κ1) is 17.2. The Morgan fingerprint density at radius 3 is 2.70 bits per heavy atom. The van der Waals surface area contributed by atoms with Gasteiger partial charge in [-0.05, 0) is 31.7 Å². The van der Waals surface area contributed by atoms with Gasteiger partial charge in [0.2, 0.25) is 0 Å². The molecule has 0 atom stereocenters. The Bertz CT molecular complexity index is 546. The minimum atomic E-state index is -0.288. The number of nitrogens with one attached hydrogen (secondary N) is 1. The standard InChI is InChI=1S/C17H23FN2O3/c1-23-16(21)8-4-5-11-19-17(22)20(14-9-10-14)12-13-6-2-3-7-15(13)18/h2-3,6-7,14H,4-5,8-12H2,1H3,(H,19,22). The lowest BCUT2D eigenvalue weighted by Gasteiger charge is -2.23. The fraction of sp³-hybridized carbons (Fsp3) is 0.529. The van der Waals surface area contributed by atoms with Gasteiger partial charge in [-0.15, -0.1) is 0 Å². The number of halogens is 1. The molecular formula is C17H23FN2O3. The highest BCUT2D eigenvalue weighted by molar-refractivity contribution is 5.75. The van der Waals surface area contributed by atoms with Gasteiger partial charge in [0.1, 0.15) is 5.82 Å². The number of carbonyl (C=O) groups is 2. The van der Waals surface area contributed by atoms with E-state index in [9.17, 15) is 14.0 Å². The number of esters is 1. The maximum Gasteiger partial charge on any atom is 0.317 e. The molecule has 0 aromatic heterocycles. The van der Waals surface area contributed by atoms with Crippen molar-refractivity contribution in [1.82, 2.24) is 10.2 Å². The molecule has 23 heavy (non-hydrogen) atoms. The number of carbonyl (C=O) groups excluding carboxylic acids is 2. The van der Waals surface area contributed by atoms with Crippen LogP contribution in [0.2, 0.25) is 0 Å². The summed E-state index contributed by atoms with van der Waals surface area (Å²) in [5, 5.41) is 2.85. The molecule has 1 aliphatic carbocycles. The average molecular weight is 322 g/mol. The Kier molecular flexibility index (Phi) is 6.38. The minimum Gasteiger partial charge on any atom is -0.469 e. The van der Waals surface area contributed by atoms with Gasteiger partial charge in [0, 0.05) is 24.6 Å². The van der Waals surface area contributed by atoms with Crippen molar-refractivity contribution in [3.05, 3.63) is 35.6 Å². The quantitative estimate of drug-likeness (QED) is 0.591. The van der Waals surface area contributed by atoms with Crippen molar-refractivity contribution in [1.29, 1.82) is 0 Å². The molecule has 1 saturated carbocycles. The zero-order valence-corrected chi connectivity index (χ0v) is 13.4. The molecule has 1 aromatic rings. The molecule has 0 saturated heterocycles. The zero-order valence-electron chi connectivity index (χ0n) is 13.4. The summed E-state index contributed by atoms with van der Waals surface area (Å²) < 4.78 is 18.3. The molecule has 2 amide bonds. The van der Waals surface area contributed by atoms with Crippen molar-refractivity contribution < 1.29 is 18.7 Å². The number of ether oxygens (including phenoxy) is 1. The fourth-order valence-corrected chi connectivity index (χ4v) is 2.36. The first-order valence-corrected chi connectivity index (χ1v) is 7.96. The molecule has 0 bridgehead atoms. The van der Waals surface area contributed by atoms with Gasteiger partial charge in [0.05, 0.1) is 13.7 Å². The zero-order chi connectivity index (χ0) is 16.7. The molecule has 0 aliphatic heterocycles. The predicted molar refractivity (Wildman–Crippen MR) is 84.2 cm³/mol. The summed E-state index contributed by atoms with van der Waals surface area (Å²) in [6.45, 7) is 0.779. The average Bonchev–Trinajstić information content (AvgIpc) is 3.38. The van der Waals surface area contributed by atoms with Crippen molar-refractivity contribution in [3.8, 4) is 0 Å². The van der Waals surface area contributed by atoms with E-state index in [1.165, 1.54) is 13.2 Å². The van der Waals surface area contributed by atoms with Crippen molar-refractivity contribution >= 4 is 12.0 Å². The molecule has 1 aliphatic rings. The van der Waals surface area contributed by atoms with Crippen LogP contribution in [0.5, 0.6) is 0 Å². The number of methoxy groups -OCH3 is 1. The lowest BCUT2D eigenvalue weighted by atomic mass is 10.2. The van der Waals surface area contributed by atoms with Crippen LogP contribution in [0, 0.1) is 5.82 Å². The first-order chi connectivity index (χ1) is 11.1. The molecule has 1 N–H and O–H groups in total. The van der Waals surface area contributed by atoms with Crippen LogP contribution >= 0.6 is 0 Å². The van der Waals surface area contributed by atoms with Crippen LogP contribution in [-0.4, -0.2) is 36.6 Å². The highest BCUT2D eigenvalue weighted by Crippen LogP contribution is 2.28. The van der Waals surface area contributed by atoms with Crippen LogP contribution in [0.3, 0.4) is 0 Å². The van der Waals surface area contributed by atoms with Crippen molar-refractivity contribution in [2.45, 2.75) is 44.7 Å². The lowest BCUT2D eigenvalue weighted by molar-refractivity contribution is -0.140. The minimum absolute atomic E-state index is 0.172. The van der Waals surface area contributed by atoms with E-state index in [2.05, 4.69) is 10.1 Å². The maximum absolute atomic E-state index is 13.8. The largest absolute Gasteiger partial charge is 0.469 e. The third kappa shape index (κ3) is 5.54. The maximum atomic E-state index is 13.8. The van der Waals surface area contributed by atoms with E-state index in [-0.39, 0.29) is 30.4 Å². The van der Waals surface area contributed by atoms with E-state index in [1.54, 1.807) is 23.1 Å². The van der Waals surface area contributed by atoms with Crippen molar-refractivity contribution in [2.75, 3.05) is 13.7 Å². The summed E-state index contributed by atoms with van der Waals surface area (Å²) >= 11 is 0. The van der Waals surface area contributed by atoms with E-state index in [0.29, 0.717) is 31.4 Å². The lowest BCUT2D eigenvalue weighted by Crippen LogP contribution is -2.41. The van der Waals surface area contributed by atoms with Gasteiger partial charge in [-0.3, -0.25) is 4.79 Å². The third-order valence-electron chi connectivity index (χ3n) is 3.86. The monoisotopic (exact) mass is 322 g/mol. The third-order valence-corrected chi connectivity index (χ3v) is 3.86. The molecule has 2 rings (SSSR count). The van der Waals surface area contributed by atoms with Crippen molar-refractivity contribution in [3.63, 3.8) is 0 Å². The van der Waals surface area contributed by atoms with Crippen LogP contribution in [0.15, 0.2) is 24.3 Å². The number of hydrogen-bond acceptors (Lipinski definition) is 3. The number of urea groups is 1. The summed E-state index contributed by atoms with van der Waals surface area (Å²) in [7, 11) is 1.36. The number of nitrogens with zero attached hydrogens (tertiary/aromatic N) is 1. The van der Waals surface area contributed by atoms with Gasteiger partial charge in [-0.2, -0.15) is 0 Å². The highest BCUT2D eigenvalue weighted by Gasteiger charge is 2.32. The van der Waals surface area contributed by atoms with Crippen LogP contribution in [-0.2, 0) is 16.1 Å². The number of hydrogen-bond donors (Lipinski definition) is 1. The Morgan fingerprint density at radius 2 is 2.04 bits per heavy atom. The molecule has 0 heterocycles. The van der Waals surface area contributed by atoms with Crippen LogP contribution in [0.25, 0.3) is 0 Å². The van der Waals surface area contributed by atoms with Crippen LogP contribution in [0.1, 0.15) is 37.7 Å². The molecular weight excluding hydrogens is 299 g/mol. The second-order valence-corrected chi connectivity index (χ2v) is 5.72. The molecule has 1 aromatic carbocycles. The smallest absolute Gasteiger partial charge is 0.317 e. The molecule has 6 heteroatoms. The fourth-order valence-electron chi connectivity index (χ4n) is 2.36. The summed E-state index contributed by atoms with van der Waals surface area (Å²) in [6.07, 6.45) is 3.66. The highest BCUT2D eigenvalue weighted by atomic mass is 19.1. The SMILES string of the molecule is COC(=O)CCCCNC(=O)N(Cc1ccccc1F)C1CC1. The number of unbranched alkanes of at least 4 members (excludes halogenated alkanes) is 1. The topological polar surface area (TPSA) is 58.6 Å². The van der Waals surface area contributed by atoms with Crippen LogP contribution in [0.4, 0.5) is 9.18 Å². The second-order valence-electron chi connectivity index (χ2n) is 5.72. The predicted octanol–water partition coefficient (Wildman–Crippen LogP) is 2.84. The first-order valence-electron chi connectivity index (χ1n) is 7.96. The van der Waals surface area contributed by atoms with E-state index in [0.717, 1.165) is 12.8 Å². The van der Waals surface area contributed by atoms with Gasteiger partial charge in [0.15, 0.2) is 0 Å². The molecule has 1 fully saturated rings. The van der Waals surface area contributed by atoms with Gasteiger partial charge in [0.25, 0.3) is 0 Å². The Labute approximate surface area is 135 Å². The Morgan fingerprint density at radius 1 is 1.30 bits per heavy atom. The molecule has 0 unspecified atom stereocenters. The summed E-state index contributed by atoms with van der Waals surface area (Å²) in [6, 6.07) is 6.55. The van der Waals surface area contributed by atoms with Gasteiger partial charge >= 0.3 is 12.0 Å². The van der Waals surface area contributed by atoms with Gasteiger partial charge in [-0.1, -0.05) is 18.2 Å². The Balaban J connectivity index is 1.78. The van der Waals surface area contributed by atoms with Crippen LogP contribution < -0.4 is 5.32 Å². The van der Waals surface area contributed by atoms with E-state index >= 15 is 0 Å². The molecule has 5 nitrogen and oxygen atoms in total. The molecule has 0 radical (unpaired) electrons. The Hall–Kier alpha value is -2.11. The summed E-state index contributed by atoms with van der Waals surface area (Å²) in [4.78, 5) is 25.0. The number of rotatable bonds is 8. The summed E-state index contributed by atoms with van der Waals surface area (Å²) in [5.41, 5.74) is 0.528. The van der Waals surface area contributed by atoms with Gasteiger partial charge < -0.3 is 15.0 Å². The molecule has 0 spiro atoms. The summed E-state index contributed by atoms with van der Waals surface area (Å²) in [5.74, 6) is -0.528.